The van der Waals surface area contributed by atoms with E-state index in [0.29, 0.717) is 18.0 Å². The molecule has 0 amide bonds. The summed E-state index contributed by atoms with van der Waals surface area (Å²) in [5.41, 5.74) is 1.88. The van der Waals surface area contributed by atoms with E-state index >= 15 is 0 Å². The highest BCUT2D eigenvalue weighted by atomic mass is 32.2. The van der Waals surface area contributed by atoms with E-state index in [1.807, 2.05) is 26.0 Å². The number of hydrogen-bond donors (Lipinski definition) is 2. The molecule has 0 aromatic heterocycles. The molecule has 0 heterocycles. The molecule has 0 bridgehead atoms. The normalized spacial score (nSPS) is 12.6. The van der Waals surface area contributed by atoms with Crippen molar-refractivity contribution < 1.29 is 8.42 Å². The van der Waals surface area contributed by atoms with Gasteiger partial charge in [-0.15, -0.1) is 0 Å². The fourth-order valence-electron chi connectivity index (χ4n) is 1.95. The molecule has 0 aliphatic rings. The van der Waals surface area contributed by atoms with Crippen LogP contribution in [-0.2, 0) is 16.6 Å². The summed E-state index contributed by atoms with van der Waals surface area (Å²) in [4.78, 5) is 0.381. The highest BCUT2D eigenvalue weighted by molar-refractivity contribution is 7.89. The van der Waals surface area contributed by atoms with Crippen molar-refractivity contribution in [3.8, 4) is 0 Å². The monoisotopic (exact) mass is 312 g/mol. The van der Waals surface area contributed by atoms with Gasteiger partial charge in [0.25, 0.3) is 0 Å². The molecule has 0 aliphatic heterocycles. The summed E-state index contributed by atoms with van der Waals surface area (Å²) >= 11 is 0. The standard InChI is InChI=1S/C16H28N2O2S/c1-6-17-12-14-8-7-13(2)15(11-14)21(19,20)18-10-9-16(3,4)5/h7-8,11,17-18H,6,9-10,12H2,1-5H3. The van der Waals surface area contributed by atoms with Crippen LogP contribution in [0.5, 0.6) is 0 Å². The summed E-state index contributed by atoms with van der Waals surface area (Å²) in [6.45, 7) is 12.2. The third-order valence-electron chi connectivity index (χ3n) is 3.29. The lowest BCUT2D eigenvalue weighted by Gasteiger charge is -2.18. The van der Waals surface area contributed by atoms with E-state index in [1.165, 1.54) is 0 Å². The maximum Gasteiger partial charge on any atom is 0.240 e. The Morgan fingerprint density at radius 3 is 2.43 bits per heavy atom. The van der Waals surface area contributed by atoms with Crippen molar-refractivity contribution in [2.75, 3.05) is 13.1 Å². The fourth-order valence-corrected chi connectivity index (χ4v) is 3.28. The highest BCUT2D eigenvalue weighted by Crippen LogP contribution is 2.20. The summed E-state index contributed by atoms with van der Waals surface area (Å²) < 4.78 is 27.6. The number of rotatable bonds is 7. The topological polar surface area (TPSA) is 58.2 Å². The van der Waals surface area contributed by atoms with Crippen molar-refractivity contribution in [3.63, 3.8) is 0 Å². The number of benzene rings is 1. The van der Waals surface area contributed by atoms with E-state index in [0.717, 1.165) is 24.1 Å². The summed E-state index contributed by atoms with van der Waals surface area (Å²) in [5, 5.41) is 3.21. The smallest absolute Gasteiger partial charge is 0.240 e. The average Bonchev–Trinajstić information content (AvgIpc) is 2.35. The molecule has 5 heteroatoms. The first-order valence-electron chi connectivity index (χ1n) is 7.45. The van der Waals surface area contributed by atoms with Gasteiger partial charge in [-0.25, -0.2) is 13.1 Å². The predicted molar refractivity (Wildman–Crippen MR) is 87.8 cm³/mol. The second-order valence-electron chi connectivity index (χ2n) is 6.59. The van der Waals surface area contributed by atoms with Gasteiger partial charge in [-0.3, -0.25) is 0 Å². The second-order valence-corrected chi connectivity index (χ2v) is 8.32. The Bertz CT molecular complexity index is 560. The van der Waals surface area contributed by atoms with Crippen molar-refractivity contribution in [2.24, 2.45) is 5.41 Å². The molecule has 0 fully saturated rings. The number of sulfonamides is 1. The minimum atomic E-state index is -3.44. The first-order valence-corrected chi connectivity index (χ1v) is 8.94. The first-order chi connectivity index (χ1) is 9.65. The first kappa shape index (κ1) is 18.1. The van der Waals surface area contributed by atoms with Gasteiger partial charge in [-0.1, -0.05) is 39.8 Å². The molecule has 0 saturated carbocycles. The molecular weight excluding hydrogens is 284 g/mol. The Kier molecular flexibility index (Phi) is 6.38. The van der Waals surface area contributed by atoms with Gasteiger partial charge in [0.1, 0.15) is 0 Å². The SMILES string of the molecule is CCNCc1ccc(C)c(S(=O)(=O)NCCC(C)(C)C)c1. The molecule has 2 N–H and O–H groups in total. The van der Waals surface area contributed by atoms with Gasteiger partial charge in [0.15, 0.2) is 0 Å². The molecule has 0 atom stereocenters. The van der Waals surface area contributed by atoms with Crippen molar-refractivity contribution in [1.29, 1.82) is 0 Å². The quantitative estimate of drug-likeness (QED) is 0.814. The van der Waals surface area contributed by atoms with Gasteiger partial charge in [0, 0.05) is 13.1 Å². The molecule has 0 spiro atoms. The Morgan fingerprint density at radius 1 is 1.19 bits per heavy atom. The zero-order chi connectivity index (χ0) is 16.1. The Hall–Kier alpha value is -0.910. The van der Waals surface area contributed by atoms with Crippen molar-refractivity contribution in [1.82, 2.24) is 10.0 Å². The van der Waals surface area contributed by atoms with Gasteiger partial charge < -0.3 is 5.32 Å². The zero-order valence-corrected chi connectivity index (χ0v) is 14.6. The molecule has 21 heavy (non-hydrogen) atoms. The number of nitrogens with one attached hydrogen (secondary N) is 2. The van der Waals surface area contributed by atoms with Crippen LogP contribution >= 0.6 is 0 Å². The van der Waals surface area contributed by atoms with Gasteiger partial charge >= 0.3 is 0 Å². The fraction of sp³-hybridized carbons (Fsp3) is 0.625. The van der Waals surface area contributed by atoms with Gasteiger partial charge in [0.05, 0.1) is 4.90 Å². The van der Waals surface area contributed by atoms with Crippen molar-refractivity contribution >= 4 is 10.0 Å². The van der Waals surface area contributed by atoms with Crippen LogP contribution < -0.4 is 10.0 Å². The number of aryl methyl sites for hydroxylation is 1. The van der Waals surface area contributed by atoms with E-state index in [2.05, 4.69) is 30.8 Å². The summed E-state index contributed by atoms with van der Waals surface area (Å²) in [7, 11) is -3.44. The largest absolute Gasteiger partial charge is 0.313 e. The Balaban J connectivity index is 2.86. The Morgan fingerprint density at radius 2 is 1.86 bits per heavy atom. The molecule has 1 rings (SSSR count). The van der Waals surface area contributed by atoms with E-state index in [4.69, 9.17) is 0 Å². The molecule has 0 radical (unpaired) electrons. The van der Waals surface area contributed by atoms with Crippen LogP contribution in [0.4, 0.5) is 0 Å². The van der Waals surface area contributed by atoms with Crippen LogP contribution in [0.1, 0.15) is 45.2 Å². The van der Waals surface area contributed by atoms with Crippen LogP contribution in [0.2, 0.25) is 0 Å². The molecule has 120 valence electrons. The van der Waals surface area contributed by atoms with Gasteiger partial charge in [-0.05, 0) is 42.5 Å². The average molecular weight is 312 g/mol. The van der Waals surface area contributed by atoms with E-state index in [1.54, 1.807) is 6.07 Å². The highest BCUT2D eigenvalue weighted by Gasteiger charge is 2.18. The predicted octanol–water partition coefficient (Wildman–Crippen LogP) is 2.82. The zero-order valence-electron chi connectivity index (χ0n) is 13.8. The third kappa shape index (κ3) is 6.16. The molecular formula is C16H28N2O2S. The molecule has 0 saturated heterocycles. The minimum absolute atomic E-state index is 0.116. The lowest BCUT2D eigenvalue weighted by molar-refractivity contribution is 0.378. The number of hydrogen-bond acceptors (Lipinski definition) is 3. The molecule has 0 unspecified atom stereocenters. The lowest BCUT2D eigenvalue weighted by Crippen LogP contribution is -2.28. The maximum atomic E-state index is 12.4. The lowest BCUT2D eigenvalue weighted by atomic mass is 9.93. The second kappa shape index (κ2) is 7.38. The maximum absolute atomic E-state index is 12.4. The molecule has 4 nitrogen and oxygen atoms in total. The molecule has 1 aromatic carbocycles. The Labute approximate surface area is 129 Å². The van der Waals surface area contributed by atoms with Crippen molar-refractivity contribution in [3.05, 3.63) is 29.3 Å². The van der Waals surface area contributed by atoms with Crippen LogP contribution in [0, 0.1) is 12.3 Å². The summed E-state index contributed by atoms with van der Waals surface area (Å²) in [6, 6.07) is 5.59. The van der Waals surface area contributed by atoms with Gasteiger partial charge in [0.2, 0.25) is 10.0 Å². The third-order valence-corrected chi connectivity index (χ3v) is 4.89. The van der Waals surface area contributed by atoms with Crippen molar-refractivity contribution in [2.45, 2.75) is 52.5 Å². The summed E-state index contributed by atoms with van der Waals surface area (Å²) in [6.07, 6.45) is 0.808. The van der Waals surface area contributed by atoms with E-state index in [-0.39, 0.29) is 5.41 Å². The van der Waals surface area contributed by atoms with Gasteiger partial charge in [-0.2, -0.15) is 0 Å². The van der Waals surface area contributed by atoms with E-state index < -0.39 is 10.0 Å². The van der Waals surface area contributed by atoms with Crippen LogP contribution in [0.3, 0.4) is 0 Å². The summed E-state index contributed by atoms with van der Waals surface area (Å²) in [5.74, 6) is 0. The van der Waals surface area contributed by atoms with E-state index in [9.17, 15) is 8.42 Å². The van der Waals surface area contributed by atoms with Crippen LogP contribution in [0.15, 0.2) is 23.1 Å². The van der Waals surface area contributed by atoms with Crippen LogP contribution in [0.25, 0.3) is 0 Å². The molecule has 1 aromatic rings. The van der Waals surface area contributed by atoms with Crippen LogP contribution in [-0.4, -0.2) is 21.5 Å². The molecule has 0 aliphatic carbocycles. The minimum Gasteiger partial charge on any atom is -0.313 e.